The van der Waals surface area contributed by atoms with Crippen molar-refractivity contribution in [1.29, 1.82) is 0 Å². The van der Waals surface area contributed by atoms with Crippen LogP contribution in [0.2, 0.25) is 0 Å². The Labute approximate surface area is 186 Å². The van der Waals surface area contributed by atoms with E-state index in [9.17, 15) is 0 Å². The third kappa shape index (κ3) is 4.66. The smallest absolute Gasteiger partial charge is 0.185 e. The molecule has 0 spiro atoms. The maximum absolute atomic E-state index is 5.61. The molecule has 4 rings (SSSR count). The van der Waals surface area contributed by atoms with E-state index in [0.717, 1.165) is 64.9 Å². The maximum atomic E-state index is 5.61. The quantitative estimate of drug-likeness (QED) is 0.592. The van der Waals surface area contributed by atoms with Gasteiger partial charge in [0.15, 0.2) is 10.2 Å². The lowest BCUT2D eigenvalue weighted by Crippen LogP contribution is -2.50. The largest absolute Gasteiger partial charge is 0.497 e. The summed E-state index contributed by atoms with van der Waals surface area (Å²) < 4.78 is 10.6. The molecule has 3 aromatic rings. The first-order valence-corrected chi connectivity index (χ1v) is 11.0. The topological polar surface area (TPSA) is 49.9 Å². The molecule has 0 radical (unpaired) electrons. The van der Waals surface area contributed by atoms with Gasteiger partial charge in [0.05, 0.1) is 19.9 Å². The Bertz CT molecular complexity index is 1020. The number of benzene rings is 2. The van der Waals surface area contributed by atoms with Gasteiger partial charge in [-0.3, -0.25) is 0 Å². The monoisotopic (exact) mass is 440 g/mol. The molecule has 1 N–H and O–H groups in total. The molecular weight excluding hydrogens is 416 g/mol. The summed E-state index contributed by atoms with van der Waals surface area (Å²) in [5.41, 5.74) is 2.98. The summed E-state index contributed by atoms with van der Waals surface area (Å²) >= 11 is 7.29. The van der Waals surface area contributed by atoms with Crippen molar-refractivity contribution in [2.75, 3.05) is 50.6 Å². The minimum Gasteiger partial charge on any atom is -0.497 e. The molecule has 30 heavy (non-hydrogen) atoms. The van der Waals surface area contributed by atoms with Crippen LogP contribution in [0.1, 0.15) is 0 Å². The van der Waals surface area contributed by atoms with Gasteiger partial charge in [-0.25, -0.2) is 4.98 Å². The molecule has 6 nitrogen and oxygen atoms in total. The van der Waals surface area contributed by atoms with Crippen LogP contribution in [0.3, 0.4) is 0 Å². The molecule has 0 amide bonds. The molecule has 2 aromatic carbocycles. The van der Waals surface area contributed by atoms with Crippen LogP contribution in [0.5, 0.6) is 11.5 Å². The molecule has 1 aliphatic heterocycles. The highest BCUT2D eigenvalue weighted by molar-refractivity contribution is 7.80. The van der Waals surface area contributed by atoms with Gasteiger partial charge < -0.3 is 24.6 Å². The summed E-state index contributed by atoms with van der Waals surface area (Å²) in [6, 6.07) is 15.8. The number of hydrogen-bond acceptors (Lipinski definition) is 6. The molecule has 1 saturated heterocycles. The predicted molar refractivity (Wildman–Crippen MR) is 127 cm³/mol. The van der Waals surface area contributed by atoms with Gasteiger partial charge in [0.2, 0.25) is 0 Å². The zero-order valence-electron chi connectivity index (χ0n) is 17.0. The van der Waals surface area contributed by atoms with Crippen molar-refractivity contribution in [3.8, 4) is 22.8 Å². The van der Waals surface area contributed by atoms with E-state index in [4.69, 9.17) is 26.7 Å². The number of piperazine rings is 1. The van der Waals surface area contributed by atoms with Gasteiger partial charge in [-0.05, 0) is 36.5 Å². The fourth-order valence-electron chi connectivity index (χ4n) is 3.33. The second-order valence-corrected chi connectivity index (χ2v) is 8.11. The van der Waals surface area contributed by atoms with Crippen molar-refractivity contribution in [2.24, 2.45) is 0 Å². The van der Waals surface area contributed by atoms with Crippen molar-refractivity contribution in [3.05, 3.63) is 53.9 Å². The zero-order valence-corrected chi connectivity index (χ0v) is 18.6. The van der Waals surface area contributed by atoms with Crippen molar-refractivity contribution >= 4 is 39.5 Å². The lowest BCUT2D eigenvalue weighted by Gasteiger charge is -2.36. The number of methoxy groups -OCH3 is 2. The van der Waals surface area contributed by atoms with E-state index < -0.39 is 0 Å². The van der Waals surface area contributed by atoms with E-state index in [0.29, 0.717) is 0 Å². The first-order chi connectivity index (χ1) is 14.7. The van der Waals surface area contributed by atoms with Crippen LogP contribution in [-0.2, 0) is 0 Å². The van der Waals surface area contributed by atoms with Gasteiger partial charge in [-0.15, -0.1) is 11.3 Å². The molecular formula is C22H24N4O2S2. The lowest BCUT2D eigenvalue weighted by atomic mass is 10.2. The molecule has 1 aliphatic rings. The standard InChI is InChI=1S/C22H24N4O2S2/c1-27-18-7-3-5-16(13-18)20-15-30-22(24-20)26-11-9-25(10-12-26)21(29)23-17-6-4-8-19(14-17)28-2/h3-8,13-15H,9-12H2,1-2H3,(H,23,29). The Morgan fingerprint density at radius 2 is 1.70 bits per heavy atom. The summed E-state index contributed by atoms with van der Waals surface area (Å²) in [5.74, 6) is 1.65. The average Bonchev–Trinajstić information content (AvgIpc) is 3.30. The van der Waals surface area contributed by atoms with E-state index in [2.05, 4.69) is 26.6 Å². The third-order valence-corrected chi connectivity index (χ3v) is 6.28. The molecule has 1 fully saturated rings. The normalized spacial score (nSPS) is 13.8. The van der Waals surface area contributed by atoms with Crippen LogP contribution >= 0.6 is 23.6 Å². The Hall–Kier alpha value is -2.84. The van der Waals surface area contributed by atoms with Crippen molar-refractivity contribution in [2.45, 2.75) is 0 Å². The zero-order chi connectivity index (χ0) is 20.9. The van der Waals surface area contributed by atoms with Gasteiger partial charge in [0, 0.05) is 48.9 Å². The van der Waals surface area contributed by atoms with Crippen LogP contribution in [0, 0.1) is 0 Å². The Morgan fingerprint density at radius 3 is 2.43 bits per heavy atom. The molecule has 156 valence electrons. The first-order valence-electron chi connectivity index (χ1n) is 9.71. The summed E-state index contributed by atoms with van der Waals surface area (Å²) in [4.78, 5) is 9.36. The second-order valence-electron chi connectivity index (χ2n) is 6.88. The predicted octanol–water partition coefficient (Wildman–Crippen LogP) is 4.35. The molecule has 1 aromatic heterocycles. The van der Waals surface area contributed by atoms with Crippen molar-refractivity contribution in [3.63, 3.8) is 0 Å². The van der Waals surface area contributed by atoms with Crippen LogP contribution < -0.4 is 19.7 Å². The van der Waals surface area contributed by atoms with Gasteiger partial charge in [0.25, 0.3) is 0 Å². The van der Waals surface area contributed by atoms with Crippen LogP contribution in [0.15, 0.2) is 53.9 Å². The van der Waals surface area contributed by atoms with E-state index in [1.165, 1.54) is 0 Å². The molecule has 0 bridgehead atoms. The van der Waals surface area contributed by atoms with Gasteiger partial charge >= 0.3 is 0 Å². The van der Waals surface area contributed by atoms with Crippen LogP contribution in [0.4, 0.5) is 10.8 Å². The highest BCUT2D eigenvalue weighted by atomic mass is 32.1. The van der Waals surface area contributed by atoms with E-state index in [1.54, 1.807) is 25.6 Å². The molecule has 8 heteroatoms. The van der Waals surface area contributed by atoms with E-state index >= 15 is 0 Å². The Morgan fingerprint density at radius 1 is 1.00 bits per heavy atom. The van der Waals surface area contributed by atoms with Gasteiger partial charge in [0.1, 0.15) is 11.5 Å². The fraction of sp³-hybridized carbons (Fsp3) is 0.273. The number of anilines is 2. The summed E-state index contributed by atoms with van der Waals surface area (Å²) in [6.45, 7) is 3.46. The number of thiazole rings is 1. The minimum atomic E-state index is 0.735. The number of rotatable bonds is 5. The summed E-state index contributed by atoms with van der Waals surface area (Å²) in [6.07, 6.45) is 0. The van der Waals surface area contributed by atoms with Crippen molar-refractivity contribution in [1.82, 2.24) is 9.88 Å². The highest BCUT2D eigenvalue weighted by Crippen LogP contribution is 2.30. The van der Waals surface area contributed by atoms with Gasteiger partial charge in [-0.2, -0.15) is 0 Å². The number of ether oxygens (including phenoxy) is 2. The number of nitrogens with zero attached hydrogens (tertiary/aromatic N) is 3. The first kappa shape index (κ1) is 20.4. The SMILES string of the molecule is COc1cccc(NC(=S)N2CCN(c3nc(-c4cccc(OC)c4)cs3)CC2)c1. The summed E-state index contributed by atoms with van der Waals surface area (Å²) in [5, 5.41) is 7.19. The van der Waals surface area contributed by atoms with Gasteiger partial charge in [-0.1, -0.05) is 18.2 Å². The lowest BCUT2D eigenvalue weighted by molar-refractivity contribution is 0.390. The molecule has 0 aliphatic carbocycles. The summed E-state index contributed by atoms with van der Waals surface area (Å²) in [7, 11) is 3.34. The Balaban J connectivity index is 1.35. The number of hydrogen-bond donors (Lipinski definition) is 1. The average molecular weight is 441 g/mol. The molecule has 0 atom stereocenters. The fourth-order valence-corrected chi connectivity index (χ4v) is 4.52. The molecule has 0 unspecified atom stereocenters. The maximum Gasteiger partial charge on any atom is 0.185 e. The van der Waals surface area contributed by atoms with E-state index in [1.807, 2.05) is 42.5 Å². The van der Waals surface area contributed by atoms with Crippen LogP contribution in [0.25, 0.3) is 11.3 Å². The number of thiocarbonyl (C=S) groups is 1. The molecule has 2 heterocycles. The third-order valence-electron chi connectivity index (χ3n) is 5.02. The Kier molecular flexibility index (Phi) is 6.35. The number of nitrogens with one attached hydrogen (secondary N) is 1. The van der Waals surface area contributed by atoms with Crippen LogP contribution in [-0.4, -0.2) is 55.4 Å². The second kappa shape index (κ2) is 9.32. The number of aromatic nitrogens is 1. The molecule has 0 saturated carbocycles. The minimum absolute atomic E-state index is 0.735. The van der Waals surface area contributed by atoms with E-state index in [-0.39, 0.29) is 0 Å². The highest BCUT2D eigenvalue weighted by Gasteiger charge is 2.21. The van der Waals surface area contributed by atoms with Crippen molar-refractivity contribution < 1.29 is 9.47 Å².